The van der Waals surface area contributed by atoms with Gasteiger partial charge in [-0.3, -0.25) is 4.79 Å². The molecule has 1 aromatic carbocycles. The van der Waals surface area contributed by atoms with Crippen molar-refractivity contribution in [2.45, 2.75) is 10.4 Å². The molecule has 1 atom stereocenters. The first kappa shape index (κ1) is 12.0. The lowest BCUT2D eigenvalue weighted by atomic mass is 10.2. The van der Waals surface area contributed by atoms with Crippen molar-refractivity contribution in [3.63, 3.8) is 0 Å². The summed E-state index contributed by atoms with van der Waals surface area (Å²) in [5.41, 5.74) is 1.02. The Bertz CT molecular complexity index is 634. The Hall–Kier alpha value is -2.08. The minimum Gasteiger partial charge on any atom is -0.497 e. The summed E-state index contributed by atoms with van der Waals surface area (Å²) in [6.45, 7) is 0. The second-order valence-corrected chi connectivity index (χ2v) is 5.10. The van der Waals surface area contributed by atoms with Gasteiger partial charge in [-0.15, -0.1) is 10.2 Å². The van der Waals surface area contributed by atoms with Gasteiger partial charge in [0.25, 0.3) is 5.91 Å². The molecule has 0 bridgehead atoms. The summed E-state index contributed by atoms with van der Waals surface area (Å²) in [4.78, 5) is 12.0. The number of nitrogens with zero attached hydrogens (tertiary/aromatic N) is 3. The number of thioether (sulfide) groups is 1. The summed E-state index contributed by atoms with van der Waals surface area (Å²) in [6, 6.07) is 7.66. The molecule has 0 saturated heterocycles. The minimum absolute atomic E-state index is 0.00485. The van der Waals surface area contributed by atoms with Crippen molar-refractivity contribution >= 4 is 23.7 Å². The maximum atomic E-state index is 12.0. The number of carbonyl (C=O) groups is 1. The van der Waals surface area contributed by atoms with Crippen LogP contribution in [0.3, 0.4) is 0 Å². The fourth-order valence-electron chi connectivity index (χ4n) is 1.79. The SMILES string of the molecule is COc1ccc(/C=C\C2Sc3nncn3C2=O)cc1. The van der Waals surface area contributed by atoms with Gasteiger partial charge in [-0.1, -0.05) is 36.0 Å². The maximum absolute atomic E-state index is 12.0. The van der Waals surface area contributed by atoms with Crippen molar-refractivity contribution < 1.29 is 9.53 Å². The summed E-state index contributed by atoms with van der Waals surface area (Å²) < 4.78 is 6.58. The van der Waals surface area contributed by atoms with Gasteiger partial charge in [-0.05, 0) is 17.7 Å². The third kappa shape index (κ3) is 2.26. The van der Waals surface area contributed by atoms with Crippen molar-refractivity contribution in [1.82, 2.24) is 14.8 Å². The van der Waals surface area contributed by atoms with Crippen molar-refractivity contribution in [2.24, 2.45) is 0 Å². The third-order valence-electron chi connectivity index (χ3n) is 2.81. The Morgan fingerprint density at radius 3 is 2.84 bits per heavy atom. The van der Waals surface area contributed by atoms with Gasteiger partial charge in [0.05, 0.1) is 7.11 Å². The van der Waals surface area contributed by atoms with Crippen LogP contribution in [0.25, 0.3) is 6.08 Å². The van der Waals surface area contributed by atoms with Crippen molar-refractivity contribution in [3.05, 3.63) is 42.2 Å². The lowest BCUT2D eigenvalue weighted by molar-refractivity contribution is 0.0921. The quantitative estimate of drug-likeness (QED) is 0.857. The summed E-state index contributed by atoms with van der Waals surface area (Å²) >= 11 is 1.41. The van der Waals surface area contributed by atoms with Crippen molar-refractivity contribution in [1.29, 1.82) is 0 Å². The van der Waals surface area contributed by atoms with Crippen LogP contribution >= 0.6 is 11.8 Å². The molecule has 0 amide bonds. The highest BCUT2D eigenvalue weighted by Gasteiger charge is 2.30. The van der Waals surface area contributed by atoms with Gasteiger partial charge in [0.15, 0.2) is 5.16 Å². The molecule has 0 N–H and O–H groups in total. The molecule has 1 aliphatic heterocycles. The molecular weight excluding hydrogens is 262 g/mol. The molecule has 96 valence electrons. The van der Waals surface area contributed by atoms with E-state index in [2.05, 4.69) is 10.2 Å². The molecule has 0 radical (unpaired) electrons. The van der Waals surface area contributed by atoms with E-state index in [4.69, 9.17) is 4.74 Å². The fourth-order valence-corrected chi connectivity index (χ4v) is 2.74. The lowest BCUT2D eigenvalue weighted by Gasteiger charge is -2.01. The Balaban J connectivity index is 1.73. The van der Waals surface area contributed by atoms with E-state index in [0.29, 0.717) is 5.16 Å². The van der Waals surface area contributed by atoms with Gasteiger partial charge in [0, 0.05) is 0 Å². The zero-order valence-corrected chi connectivity index (χ0v) is 11.0. The first-order valence-corrected chi connectivity index (χ1v) is 6.59. The van der Waals surface area contributed by atoms with E-state index in [9.17, 15) is 4.79 Å². The van der Waals surface area contributed by atoms with Crippen LogP contribution in [0.4, 0.5) is 0 Å². The molecule has 2 heterocycles. The van der Waals surface area contributed by atoms with E-state index in [1.807, 2.05) is 36.4 Å². The number of fused-ring (bicyclic) bond motifs is 1. The number of rotatable bonds is 3. The van der Waals surface area contributed by atoms with Crippen LogP contribution in [0, 0.1) is 0 Å². The van der Waals surface area contributed by atoms with E-state index >= 15 is 0 Å². The molecule has 0 fully saturated rings. The molecule has 2 aromatic rings. The minimum atomic E-state index is -0.229. The Morgan fingerprint density at radius 1 is 1.37 bits per heavy atom. The fraction of sp³-hybridized carbons (Fsp3) is 0.154. The number of hydrogen-bond donors (Lipinski definition) is 0. The molecule has 19 heavy (non-hydrogen) atoms. The molecule has 1 aliphatic rings. The highest BCUT2D eigenvalue weighted by atomic mass is 32.2. The number of aromatic nitrogens is 3. The molecule has 5 nitrogen and oxygen atoms in total. The van der Waals surface area contributed by atoms with Crippen LogP contribution in [0.1, 0.15) is 10.4 Å². The van der Waals surface area contributed by atoms with Crippen LogP contribution in [0.5, 0.6) is 5.75 Å². The van der Waals surface area contributed by atoms with Crippen LogP contribution in [-0.4, -0.2) is 33.0 Å². The Labute approximate surface area is 114 Å². The Kier molecular flexibility index (Phi) is 3.08. The summed E-state index contributed by atoms with van der Waals surface area (Å²) in [7, 11) is 1.63. The van der Waals surface area contributed by atoms with Crippen LogP contribution in [-0.2, 0) is 0 Å². The molecule has 3 rings (SSSR count). The zero-order chi connectivity index (χ0) is 13.2. The van der Waals surface area contributed by atoms with E-state index in [1.54, 1.807) is 7.11 Å². The number of hydrogen-bond acceptors (Lipinski definition) is 5. The largest absolute Gasteiger partial charge is 0.497 e. The standard InChI is InChI=1S/C13H11N3O2S/c1-18-10-5-2-9(3-6-10)4-7-11-12(17)16-8-14-15-13(16)19-11/h2-8,11H,1H3/b7-4-. The molecule has 1 unspecified atom stereocenters. The first-order valence-electron chi connectivity index (χ1n) is 5.71. The van der Waals surface area contributed by atoms with Crippen molar-refractivity contribution in [2.75, 3.05) is 7.11 Å². The molecule has 6 heteroatoms. The second kappa shape index (κ2) is 4.89. The average molecular weight is 273 g/mol. The molecule has 0 spiro atoms. The van der Waals surface area contributed by atoms with Crippen LogP contribution in [0.15, 0.2) is 41.8 Å². The van der Waals surface area contributed by atoms with Gasteiger partial charge < -0.3 is 4.74 Å². The van der Waals surface area contributed by atoms with Crippen molar-refractivity contribution in [3.8, 4) is 5.75 Å². The summed E-state index contributed by atoms with van der Waals surface area (Å²) in [5.74, 6) is 0.810. The second-order valence-electron chi connectivity index (χ2n) is 3.99. The molecule has 0 aliphatic carbocycles. The van der Waals surface area contributed by atoms with E-state index in [0.717, 1.165) is 11.3 Å². The van der Waals surface area contributed by atoms with Crippen LogP contribution < -0.4 is 4.74 Å². The summed E-state index contributed by atoms with van der Waals surface area (Å²) in [5, 5.41) is 8.00. The van der Waals surface area contributed by atoms with E-state index in [1.165, 1.54) is 22.7 Å². The smallest absolute Gasteiger partial charge is 0.251 e. The number of carbonyl (C=O) groups excluding carboxylic acids is 1. The average Bonchev–Trinajstić information content (AvgIpc) is 3.01. The maximum Gasteiger partial charge on any atom is 0.251 e. The van der Waals surface area contributed by atoms with Gasteiger partial charge in [0.2, 0.25) is 0 Å². The summed E-state index contributed by atoms with van der Waals surface area (Å²) in [6.07, 6.45) is 5.25. The Morgan fingerprint density at radius 2 is 2.16 bits per heavy atom. The normalized spacial score (nSPS) is 17.9. The third-order valence-corrected chi connectivity index (χ3v) is 3.91. The monoisotopic (exact) mass is 273 g/mol. The zero-order valence-electron chi connectivity index (χ0n) is 10.2. The van der Waals surface area contributed by atoms with Gasteiger partial charge in [-0.25, -0.2) is 4.57 Å². The van der Waals surface area contributed by atoms with E-state index < -0.39 is 0 Å². The predicted octanol–water partition coefficient (Wildman–Crippen LogP) is 2.11. The highest BCUT2D eigenvalue weighted by Crippen LogP contribution is 2.30. The van der Waals surface area contributed by atoms with Gasteiger partial charge in [0.1, 0.15) is 17.3 Å². The highest BCUT2D eigenvalue weighted by molar-refractivity contribution is 8.01. The number of methoxy groups -OCH3 is 1. The van der Waals surface area contributed by atoms with E-state index in [-0.39, 0.29) is 11.2 Å². The molecule has 1 aromatic heterocycles. The number of benzene rings is 1. The predicted molar refractivity (Wildman–Crippen MR) is 72.3 cm³/mol. The van der Waals surface area contributed by atoms with Crippen LogP contribution in [0.2, 0.25) is 0 Å². The molecular formula is C13H11N3O2S. The first-order chi connectivity index (χ1) is 9.28. The lowest BCUT2D eigenvalue weighted by Crippen LogP contribution is -2.14. The van der Waals surface area contributed by atoms with Gasteiger partial charge >= 0.3 is 0 Å². The topological polar surface area (TPSA) is 57.0 Å². The molecule has 0 saturated carbocycles. The van der Waals surface area contributed by atoms with Gasteiger partial charge in [-0.2, -0.15) is 0 Å². The number of ether oxygens (including phenoxy) is 1.